The first-order valence-corrected chi connectivity index (χ1v) is 8.47. The second-order valence-electron chi connectivity index (χ2n) is 6.39. The van der Waals surface area contributed by atoms with Crippen LogP contribution in [0.5, 0.6) is 11.5 Å². The topological polar surface area (TPSA) is 64.7 Å². The molecule has 4 heteroatoms. The maximum Gasteiger partial charge on any atom is 0.161 e. The van der Waals surface area contributed by atoms with Crippen LogP contribution < -0.4 is 15.2 Å². The predicted molar refractivity (Wildman–Crippen MR) is 94.0 cm³/mol. The molecule has 2 aromatic carbocycles. The first kappa shape index (κ1) is 16.8. The normalized spacial score (nSPS) is 17.0. The quantitative estimate of drug-likeness (QED) is 0.818. The average Bonchev–Trinajstić information content (AvgIpc) is 2.58. The second-order valence-corrected chi connectivity index (χ2v) is 6.39. The fourth-order valence-corrected chi connectivity index (χ4v) is 3.02. The summed E-state index contributed by atoms with van der Waals surface area (Å²) in [5.41, 5.74) is 8.23. The summed E-state index contributed by atoms with van der Waals surface area (Å²) < 4.78 is 11.3. The second kappa shape index (κ2) is 7.69. The predicted octanol–water partition coefficient (Wildman–Crippen LogP) is 3.44. The largest absolute Gasteiger partial charge is 0.493 e. The molecule has 0 spiro atoms. The fourth-order valence-electron chi connectivity index (χ4n) is 3.02. The van der Waals surface area contributed by atoms with E-state index in [-0.39, 0.29) is 0 Å². The fraction of sp³-hybridized carbons (Fsp3) is 0.400. The highest BCUT2D eigenvalue weighted by atomic mass is 16.5. The summed E-state index contributed by atoms with van der Waals surface area (Å²) >= 11 is 0. The van der Waals surface area contributed by atoms with Gasteiger partial charge in [0.05, 0.1) is 19.3 Å². The molecule has 0 aromatic heterocycles. The van der Waals surface area contributed by atoms with Gasteiger partial charge in [-0.05, 0) is 42.0 Å². The van der Waals surface area contributed by atoms with E-state index >= 15 is 0 Å². The molecule has 0 saturated heterocycles. The first-order valence-electron chi connectivity index (χ1n) is 8.47. The lowest BCUT2D eigenvalue weighted by Gasteiger charge is -2.34. The van der Waals surface area contributed by atoms with Crippen LogP contribution in [0, 0.1) is 5.92 Å². The molecule has 0 amide bonds. The number of aliphatic hydroxyl groups excluding tert-OH is 1. The van der Waals surface area contributed by atoms with E-state index in [0.717, 1.165) is 24.0 Å². The van der Waals surface area contributed by atoms with E-state index < -0.39 is 12.1 Å². The summed E-state index contributed by atoms with van der Waals surface area (Å²) in [7, 11) is 1.62. The molecule has 3 N–H and O–H groups in total. The van der Waals surface area contributed by atoms with Crippen LogP contribution in [-0.4, -0.2) is 18.3 Å². The van der Waals surface area contributed by atoms with E-state index in [2.05, 4.69) is 0 Å². The van der Waals surface area contributed by atoms with Gasteiger partial charge in [-0.15, -0.1) is 0 Å². The zero-order valence-electron chi connectivity index (χ0n) is 14.0. The van der Waals surface area contributed by atoms with Gasteiger partial charge in [-0.2, -0.15) is 0 Å². The van der Waals surface area contributed by atoms with Crippen LogP contribution in [0.3, 0.4) is 0 Å². The standard InChI is InChI=1S/C20H25NO3/c1-23-17-11-10-16(19(21)20(22)15-8-5-9-15)12-18(17)24-13-14-6-3-2-4-7-14/h2-4,6-7,10-12,15,19-20,22H,5,8-9,13,21H2,1H3/t19-,20+/m0/s1. The van der Waals surface area contributed by atoms with Crippen LogP contribution in [0.2, 0.25) is 0 Å². The Labute approximate surface area is 143 Å². The first-order chi connectivity index (χ1) is 11.7. The summed E-state index contributed by atoms with van der Waals surface area (Å²) in [5.74, 6) is 1.63. The molecule has 2 aromatic rings. The lowest BCUT2D eigenvalue weighted by molar-refractivity contribution is 0.0413. The molecule has 0 heterocycles. The van der Waals surface area contributed by atoms with Crippen molar-refractivity contribution < 1.29 is 14.6 Å². The number of benzene rings is 2. The van der Waals surface area contributed by atoms with E-state index in [1.165, 1.54) is 6.42 Å². The Balaban J connectivity index is 1.74. The van der Waals surface area contributed by atoms with Gasteiger partial charge in [-0.25, -0.2) is 0 Å². The summed E-state index contributed by atoms with van der Waals surface area (Å²) in [4.78, 5) is 0. The molecule has 1 fully saturated rings. The Morgan fingerprint density at radius 1 is 1.12 bits per heavy atom. The lowest BCUT2D eigenvalue weighted by atomic mass is 9.77. The highest BCUT2D eigenvalue weighted by molar-refractivity contribution is 5.44. The summed E-state index contributed by atoms with van der Waals surface area (Å²) in [6.45, 7) is 0.459. The number of hydrogen-bond acceptors (Lipinski definition) is 4. The van der Waals surface area contributed by atoms with Gasteiger partial charge in [-0.1, -0.05) is 42.8 Å². The maximum atomic E-state index is 10.4. The number of aliphatic hydroxyl groups is 1. The molecule has 1 aliphatic carbocycles. The monoisotopic (exact) mass is 327 g/mol. The van der Waals surface area contributed by atoms with Crippen molar-refractivity contribution in [3.63, 3.8) is 0 Å². The van der Waals surface area contributed by atoms with Crippen LogP contribution >= 0.6 is 0 Å². The molecule has 0 bridgehead atoms. The average molecular weight is 327 g/mol. The highest BCUT2D eigenvalue weighted by Crippen LogP contribution is 2.36. The summed E-state index contributed by atoms with van der Waals surface area (Å²) in [6, 6.07) is 15.2. The maximum absolute atomic E-state index is 10.4. The van der Waals surface area contributed by atoms with Crippen molar-refractivity contribution in [3.8, 4) is 11.5 Å². The zero-order chi connectivity index (χ0) is 16.9. The van der Waals surface area contributed by atoms with E-state index in [1.807, 2.05) is 48.5 Å². The van der Waals surface area contributed by atoms with Crippen LogP contribution in [-0.2, 0) is 6.61 Å². The van der Waals surface area contributed by atoms with Gasteiger partial charge in [0.1, 0.15) is 6.61 Å². The van der Waals surface area contributed by atoms with E-state index in [4.69, 9.17) is 15.2 Å². The number of nitrogens with two attached hydrogens (primary N) is 1. The van der Waals surface area contributed by atoms with E-state index in [0.29, 0.717) is 24.0 Å². The van der Waals surface area contributed by atoms with Crippen LogP contribution in [0.4, 0.5) is 0 Å². The third kappa shape index (κ3) is 3.71. The molecular weight excluding hydrogens is 302 g/mol. The number of hydrogen-bond donors (Lipinski definition) is 2. The molecule has 3 rings (SSSR count). The lowest BCUT2D eigenvalue weighted by Crippen LogP contribution is -2.36. The summed E-state index contributed by atoms with van der Waals surface area (Å²) in [5, 5.41) is 10.4. The van der Waals surface area contributed by atoms with Crippen molar-refractivity contribution in [3.05, 3.63) is 59.7 Å². The Kier molecular flexibility index (Phi) is 5.38. The zero-order valence-corrected chi connectivity index (χ0v) is 14.0. The minimum Gasteiger partial charge on any atom is -0.493 e. The van der Waals surface area contributed by atoms with Crippen molar-refractivity contribution in [1.29, 1.82) is 0 Å². The summed E-state index contributed by atoms with van der Waals surface area (Å²) in [6.07, 6.45) is 2.79. The van der Waals surface area contributed by atoms with Gasteiger partial charge in [-0.3, -0.25) is 0 Å². The molecule has 0 radical (unpaired) electrons. The molecular formula is C20H25NO3. The minimum atomic E-state index is -0.505. The molecule has 0 unspecified atom stereocenters. The molecule has 1 aliphatic rings. The van der Waals surface area contributed by atoms with E-state index in [1.54, 1.807) is 7.11 Å². The Morgan fingerprint density at radius 2 is 1.88 bits per heavy atom. The van der Waals surface area contributed by atoms with Crippen molar-refractivity contribution in [2.45, 2.75) is 38.0 Å². The van der Waals surface area contributed by atoms with Gasteiger partial charge in [0.25, 0.3) is 0 Å². The van der Waals surface area contributed by atoms with Crippen molar-refractivity contribution in [2.24, 2.45) is 11.7 Å². The van der Waals surface area contributed by atoms with E-state index in [9.17, 15) is 5.11 Å². The molecule has 2 atom stereocenters. The van der Waals surface area contributed by atoms with Gasteiger partial charge in [0.15, 0.2) is 11.5 Å². The van der Waals surface area contributed by atoms with Gasteiger partial charge >= 0.3 is 0 Å². The Bertz CT molecular complexity index is 655. The molecule has 128 valence electrons. The van der Waals surface area contributed by atoms with Gasteiger partial charge < -0.3 is 20.3 Å². The van der Waals surface area contributed by atoms with Crippen molar-refractivity contribution in [2.75, 3.05) is 7.11 Å². The van der Waals surface area contributed by atoms with Gasteiger partial charge in [0, 0.05) is 0 Å². The number of methoxy groups -OCH3 is 1. The number of ether oxygens (including phenoxy) is 2. The Hall–Kier alpha value is -2.04. The molecule has 1 saturated carbocycles. The van der Waals surface area contributed by atoms with Crippen molar-refractivity contribution in [1.82, 2.24) is 0 Å². The molecule has 24 heavy (non-hydrogen) atoms. The van der Waals surface area contributed by atoms with Crippen molar-refractivity contribution >= 4 is 0 Å². The van der Waals surface area contributed by atoms with Crippen LogP contribution in [0.15, 0.2) is 48.5 Å². The van der Waals surface area contributed by atoms with Crippen LogP contribution in [0.25, 0.3) is 0 Å². The SMILES string of the molecule is COc1ccc([C@H](N)[C@H](O)C2CCC2)cc1OCc1ccccc1. The number of rotatable bonds is 7. The van der Waals surface area contributed by atoms with Crippen LogP contribution in [0.1, 0.15) is 36.4 Å². The molecule has 0 aliphatic heterocycles. The van der Waals surface area contributed by atoms with Gasteiger partial charge in [0.2, 0.25) is 0 Å². The molecule has 4 nitrogen and oxygen atoms in total. The Morgan fingerprint density at radius 3 is 2.50 bits per heavy atom. The highest BCUT2D eigenvalue weighted by Gasteiger charge is 2.31. The third-order valence-electron chi connectivity index (χ3n) is 4.81. The minimum absolute atomic E-state index is 0.316. The smallest absolute Gasteiger partial charge is 0.161 e. The third-order valence-corrected chi connectivity index (χ3v) is 4.81.